The van der Waals surface area contributed by atoms with Crippen LogP contribution in [0.5, 0.6) is 5.75 Å². The number of ether oxygens (including phenoxy) is 1. The van der Waals surface area contributed by atoms with Gasteiger partial charge in [-0.1, -0.05) is 0 Å². The number of methoxy groups -OCH3 is 1. The molecule has 1 atom stereocenters. The van der Waals surface area contributed by atoms with E-state index < -0.39 is 27.9 Å². The zero-order chi connectivity index (χ0) is 21.6. The molecule has 0 spiro atoms. The van der Waals surface area contributed by atoms with Crippen LogP contribution in [0.2, 0.25) is 0 Å². The van der Waals surface area contributed by atoms with Crippen LogP contribution in [0.4, 0.5) is 4.39 Å². The summed E-state index contributed by atoms with van der Waals surface area (Å²) in [6, 6.07) is 6.39. The van der Waals surface area contributed by atoms with Crippen molar-refractivity contribution in [2.75, 3.05) is 19.9 Å². The number of aromatic nitrogens is 2. The number of nitrogens with zero attached hydrogens (tertiary/aromatic N) is 2. The van der Waals surface area contributed by atoms with Crippen LogP contribution in [0.1, 0.15) is 5.69 Å². The molecule has 3 heterocycles. The van der Waals surface area contributed by atoms with Crippen molar-refractivity contribution in [1.82, 2.24) is 14.3 Å². The van der Waals surface area contributed by atoms with Crippen LogP contribution in [0.3, 0.4) is 0 Å². The highest BCUT2D eigenvalue weighted by Gasteiger charge is 2.37. The summed E-state index contributed by atoms with van der Waals surface area (Å²) < 4.78 is 44.2. The van der Waals surface area contributed by atoms with Crippen LogP contribution >= 0.6 is 0 Å². The minimum atomic E-state index is -3.72. The van der Waals surface area contributed by atoms with E-state index in [-0.39, 0.29) is 6.54 Å². The number of aliphatic carboxylic acids is 1. The van der Waals surface area contributed by atoms with Crippen molar-refractivity contribution in [2.45, 2.75) is 6.04 Å². The Labute approximate surface area is 171 Å². The highest BCUT2D eigenvalue weighted by Crippen LogP contribution is 2.37. The fourth-order valence-corrected chi connectivity index (χ4v) is 4.55. The molecule has 0 fully saturated rings. The number of nitrogens with one attached hydrogen (secondary N) is 1. The first-order valence-corrected chi connectivity index (χ1v) is 10.8. The maximum absolute atomic E-state index is 13.9. The molecule has 0 amide bonds. The molecule has 2 aromatic heterocycles. The van der Waals surface area contributed by atoms with Gasteiger partial charge in [0, 0.05) is 29.4 Å². The molecule has 1 unspecified atom stereocenters. The number of halogens is 1. The van der Waals surface area contributed by atoms with Crippen molar-refractivity contribution >= 4 is 32.6 Å². The lowest BCUT2D eigenvalue weighted by atomic mass is 10.0. The minimum absolute atomic E-state index is 0.0821. The van der Waals surface area contributed by atoms with E-state index in [0.29, 0.717) is 39.2 Å². The minimum Gasteiger partial charge on any atom is -0.496 e. The SMILES string of the molecule is COc1ccc(F)cc1-c1ccnc2[nH]c(C3=CC(C(=O)O)N(S(C)(=O)=O)C3)cc12. The van der Waals surface area contributed by atoms with Gasteiger partial charge in [-0.15, -0.1) is 0 Å². The van der Waals surface area contributed by atoms with Crippen LogP contribution in [0.15, 0.2) is 42.6 Å². The zero-order valence-electron chi connectivity index (χ0n) is 16.1. The summed E-state index contributed by atoms with van der Waals surface area (Å²) in [7, 11) is -2.23. The number of pyridine rings is 1. The second kappa shape index (κ2) is 7.22. The Morgan fingerprint density at radius 3 is 2.70 bits per heavy atom. The number of benzene rings is 1. The van der Waals surface area contributed by atoms with Gasteiger partial charge in [-0.25, -0.2) is 17.8 Å². The third-order valence-electron chi connectivity index (χ3n) is 5.00. The Bertz CT molecular complexity index is 1300. The monoisotopic (exact) mass is 431 g/mol. The molecular formula is C20H18FN3O5S. The molecule has 3 aromatic rings. The number of fused-ring (bicyclic) bond motifs is 1. The number of hydrogen-bond donors (Lipinski definition) is 2. The van der Waals surface area contributed by atoms with E-state index in [0.717, 1.165) is 10.6 Å². The summed E-state index contributed by atoms with van der Waals surface area (Å²) in [6.07, 6.45) is 3.94. The smallest absolute Gasteiger partial charge is 0.326 e. The van der Waals surface area contributed by atoms with Crippen molar-refractivity contribution in [3.63, 3.8) is 0 Å². The average Bonchev–Trinajstić information content (AvgIpc) is 3.32. The molecule has 1 aliphatic heterocycles. The molecule has 1 aliphatic rings. The lowest BCUT2D eigenvalue weighted by Crippen LogP contribution is -2.40. The van der Waals surface area contributed by atoms with Gasteiger partial charge in [-0.05, 0) is 47.5 Å². The second-order valence-electron chi connectivity index (χ2n) is 6.93. The molecule has 156 valence electrons. The van der Waals surface area contributed by atoms with Crippen molar-refractivity contribution in [2.24, 2.45) is 0 Å². The molecule has 8 nitrogen and oxygen atoms in total. The van der Waals surface area contributed by atoms with Gasteiger partial charge in [0.05, 0.1) is 13.4 Å². The van der Waals surface area contributed by atoms with Crippen molar-refractivity contribution in [3.8, 4) is 16.9 Å². The van der Waals surface area contributed by atoms with Crippen LogP contribution < -0.4 is 4.74 Å². The van der Waals surface area contributed by atoms with E-state index in [1.165, 1.54) is 31.4 Å². The quantitative estimate of drug-likeness (QED) is 0.642. The fourth-order valence-electron chi connectivity index (χ4n) is 3.61. The summed E-state index contributed by atoms with van der Waals surface area (Å²) in [5.74, 6) is -1.19. The number of sulfonamides is 1. The molecule has 1 aromatic carbocycles. The van der Waals surface area contributed by atoms with Gasteiger partial charge in [-0.3, -0.25) is 4.79 Å². The zero-order valence-corrected chi connectivity index (χ0v) is 16.9. The predicted octanol–water partition coefficient (Wildman–Crippen LogP) is 2.49. The highest BCUT2D eigenvalue weighted by atomic mass is 32.2. The second-order valence-corrected chi connectivity index (χ2v) is 8.87. The molecule has 0 saturated heterocycles. The number of carboxylic acid groups (broad SMARTS) is 1. The molecular weight excluding hydrogens is 413 g/mol. The fraction of sp³-hybridized carbons (Fsp3) is 0.200. The highest BCUT2D eigenvalue weighted by molar-refractivity contribution is 7.88. The van der Waals surface area contributed by atoms with E-state index in [9.17, 15) is 22.7 Å². The number of carboxylic acids is 1. The molecule has 2 N–H and O–H groups in total. The first kappa shape index (κ1) is 20.0. The molecule has 4 rings (SSSR count). The number of hydrogen-bond acceptors (Lipinski definition) is 5. The molecule has 0 bridgehead atoms. The van der Waals surface area contributed by atoms with Gasteiger partial charge >= 0.3 is 5.97 Å². The third kappa shape index (κ3) is 3.44. The maximum Gasteiger partial charge on any atom is 0.326 e. The predicted molar refractivity (Wildman–Crippen MR) is 109 cm³/mol. The Morgan fingerprint density at radius 2 is 2.07 bits per heavy atom. The van der Waals surface area contributed by atoms with E-state index in [2.05, 4.69) is 9.97 Å². The van der Waals surface area contributed by atoms with Gasteiger partial charge in [0.15, 0.2) is 0 Å². The van der Waals surface area contributed by atoms with Crippen LogP contribution in [0, 0.1) is 5.82 Å². The van der Waals surface area contributed by atoms with Crippen molar-refractivity contribution in [3.05, 3.63) is 54.1 Å². The number of aromatic amines is 1. The number of rotatable bonds is 5. The van der Waals surface area contributed by atoms with Gasteiger partial charge in [0.25, 0.3) is 0 Å². The van der Waals surface area contributed by atoms with Crippen molar-refractivity contribution < 1.29 is 27.4 Å². The number of carbonyl (C=O) groups is 1. The third-order valence-corrected chi connectivity index (χ3v) is 6.21. The molecule has 0 aliphatic carbocycles. The first-order chi connectivity index (χ1) is 14.2. The van der Waals surface area contributed by atoms with E-state index in [4.69, 9.17) is 4.74 Å². The average molecular weight is 431 g/mol. The Hall–Kier alpha value is -3.24. The van der Waals surface area contributed by atoms with Crippen LogP contribution in [0.25, 0.3) is 27.7 Å². The molecule has 0 radical (unpaired) electrons. The standard InChI is InChI=1S/C20H18FN3O5S/c1-29-18-4-3-12(21)8-14(18)13-5-6-22-19-15(13)9-16(23-19)11-7-17(20(25)26)24(10-11)30(2,27)28/h3-9,17H,10H2,1-2H3,(H,22,23)(H,25,26). The topological polar surface area (TPSA) is 113 Å². The summed E-state index contributed by atoms with van der Waals surface area (Å²) in [6.45, 7) is -0.0821. The maximum atomic E-state index is 13.9. The van der Waals surface area contributed by atoms with Gasteiger partial charge in [0.1, 0.15) is 23.3 Å². The normalized spacial score (nSPS) is 17.3. The van der Waals surface area contributed by atoms with Crippen LogP contribution in [-0.4, -0.2) is 59.7 Å². The van der Waals surface area contributed by atoms with E-state index in [1.807, 2.05) is 0 Å². The summed E-state index contributed by atoms with van der Waals surface area (Å²) in [5, 5.41) is 10.1. The van der Waals surface area contributed by atoms with Gasteiger partial charge in [0.2, 0.25) is 10.0 Å². The summed E-state index contributed by atoms with van der Waals surface area (Å²) in [4.78, 5) is 18.9. The Morgan fingerprint density at radius 1 is 1.30 bits per heavy atom. The lowest BCUT2D eigenvalue weighted by molar-refractivity contribution is -0.139. The molecule has 0 saturated carbocycles. The molecule has 10 heteroatoms. The largest absolute Gasteiger partial charge is 0.496 e. The van der Waals surface area contributed by atoms with Gasteiger partial charge < -0.3 is 14.8 Å². The Balaban J connectivity index is 1.83. The lowest BCUT2D eigenvalue weighted by Gasteiger charge is -2.18. The first-order valence-electron chi connectivity index (χ1n) is 8.91. The Kier molecular flexibility index (Phi) is 4.83. The van der Waals surface area contributed by atoms with Crippen LogP contribution in [-0.2, 0) is 14.8 Å². The van der Waals surface area contributed by atoms with Gasteiger partial charge in [-0.2, -0.15) is 4.31 Å². The summed E-state index contributed by atoms with van der Waals surface area (Å²) >= 11 is 0. The van der Waals surface area contributed by atoms with Crippen molar-refractivity contribution in [1.29, 1.82) is 0 Å². The van der Waals surface area contributed by atoms with E-state index >= 15 is 0 Å². The number of H-pyrrole nitrogens is 1. The summed E-state index contributed by atoms with van der Waals surface area (Å²) in [5.41, 5.74) is 2.77. The molecule has 30 heavy (non-hydrogen) atoms. The van der Waals surface area contributed by atoms with E-state index in [1.54, 1.807) is 18.3 Å².